The first-order chi connectivity index (χ1) is 16.5. The van der Waals surface area contributed by atoms with E-state index in [9.17, 15) is 0 Å². The molecule has 176 valence electrons. The van der Waals surface area contributed by atoms with E-state index in [0.717, 1.165) is 0 Å². The third kappa shape index (κ3) is 4.11. The zero-order chi connectivity index (χ0) is 23.6. The van der Waals surface area contributed by atoms with Gasteiger partial charge in [-0.2, -0.15) is 0 Å². The van der Waals surface area contributed by atoms with Gasteiger partial charge < -0.3 is 0 Å². The molecule has 1 fully saturated rings. The standard InChI is InChI=1S/C30H32I2P2/c31-33(27-15-5-1-6-16-27,28-17-7-2-8-18-28)23-13-25-34(32,26-14-24-33,29-19-9-3-10-20-29)30-21-11-4-12-22-30/h1-12,15-22H,13-14,23-26H2. The molecule has 0 unspecified atom stereocenters. The molecule has 1 heterocycles. The number of hydrogen-bond donors (Lipinski definition) is 0. The molecule has 4 aromatic rings. The van der Waals surface area contributed by atoms with Gasteiger partial charge in [-0.25, -0.2) is 0 Å². The van der Waals surface area contributed by atoms with Crippen molar-refractivity contribution in [1.29, 1.82) is 0 Å². The molecule has 0 aliphatic carbocycles. The number of rotatable bonds is 4. The Morgan fingerprint density at radius 1 is 0.353 bits per heavy atom. The maximum absolute atomic E-state index is 2.99. The summed E-state index contributed by atoms with van der Waals surface area (Å²) in [6.45, 7) is 0. The van der Waals surface area contributed by atoms with Crippen molar-refractivity contribution in [3.63, 3.8) is 0 Å². The van der Waals surface area contributed by atoms with Crippen LogP contribution < -0.4 is 21.2 Å². The van der Waals surface area contributed by atoms with Gasteiger partial charge in [0.2, 0.25) is 0 Å². The summed E-state index contributed by atoms with van der Waals surface area (Å²) >= 11 is 5.97. The molecule has 1 aliphatic heterocycles. The fourth-order valence-corrected chi connectivity index (χ4v) is 24.3. The molecule has 0 aromatic heterocycles. The van der Waals surface area contributed by atoms with Crippen LogP contribution in [0.5, 0.6) is 0 Å². The van der Waals surface area contributed by atoms with E-state index in [4.69, 9.17) is 0 Å². The van der Waals surface area contributed by atoms with Crippen molar-refractivity contribution < 1.29 is 0 Å². The van der Waals surface area contributed by atoms with Crippen LogP contribution in [0, 0.1) is 0 Å². The number of hydrogen-bond acceptors (Lipinski definition) is 0. The predicted molar refractivity (Wildman–Crippen MR) is 175 cm³/mol. The Labute approximate surface area is 230 Å². The van der Waals surface area contributed by atoms with Crippen LogP contribution in [0.15, 0.2) is 121 Å². The van der Waals surface area contributed by atoms with Crippen LogP contribution >= 0.6 is 52.6 Å². The molecule has 0 saturated carbocycles. The van der Waals surface area contributed by atoms with E-state index in [1.165, 1.54) is 37.5 Å². The maximum atomic E-state index is 2.99. The summed E-state index contributed by atoms with van der Waals surface area (Å²) in [5, 5.41) is 6.32. The van der Waals surface area contributed by atoms with Crippen molar-refractivity contribution in [2.24, 2.45) is 0 Å². The quantitative estimate of drug-likeness (QED) is 0.150. The molecule has 0 nitrogen and oxygen atoms in total. The van der Waals surface area contributed by atoms with Gasteiger partial charge in [-0.1, -0.05) is 0 Å². The molecule has 34 heavy (non-hydrogen) atoms. The fourth-order valence-electron chi connectivity index (χ4n) is 6.09. The molecule has 5 rings (SSSR count). The molecule has 4 heteroatoms. The summed E-state index contributed by atoms with van der Waals surface area (Å²) in [7, 11) is 0. The third-order valence-electron chi connectivity index (χ3n) is 7.89. The average Bonchev–Trinajstić information content (AvgIpc) is 2.90. The summed E-state index contributed by atoms with van der Waals surface area (Å²) in [5.74, 6) is 0. The van der Waals surface area contributed by atoms with Crippen LogP contribution in [-0.4, -0.2) is 24.6 Å². The Hall–Kier alpha value is -0.800. The van der Waals surface area contributed by atoms with Gasteiger partial charge in [0.25, 0.3) is 0 Å². The average molecular weight is 708 g/mol. The Bertz CT molecular complexity index is 1050. The monoisotopic (exact) mass is 708 g/mol. The van der Waals surface area contributed by atoms with Crippen molar-refractivity contribution in [2.75, 3.05) is 24.6 Å². The second-order valence-electron chi connectivity index (χ2n) is 9.70. The number of halogens is 2. The zero-order valence-electron chi connectivity index (χ0n) is 19.4. The summed E-state index contributed by atoms with van der Waals surface area (Å²) in [4.78, 5) is 0. The van der Waals surface area contributed by atoms with Crippen molar-refractivity contribution in [3.8, 4) is 0 Å². The van der Waals surface area contributed by atoms with Crippen molar-refractivity contribution in [3.05, 3.63) is 121 Å². The molecule has 0 bridgehead atoms. The molecule has 4 aromatic carbocycles. The Kier molecular flexibility index (Phi) is 7.01. The summed E-state index contributed by atoms with van der Waals surface area (Å²) in [6, 6.07) is 45.9. The molecule has 0 atom stereocenters. The molecule has 1 saturated heterocycles. The Balaban J connectivity index is 1.64. The minimum atomic E-state index is -2.34. The van der Waals surface area contributed by atoms with Crippen LogP contribution in [0.1, 0.15) is 12.8 Å². The SMILES string of the molecule is IP1(c2ccccc2)(c2ccccc2)CCCP(I)(c2ccccc2)(c2ccccc2)CCC1. The fraction of sp³-hybridized carbons (Fsp3) is 0.200. The topological polar surface area (TPSA) is 0 Å². The van der Waals surface area contributed by atoms with Gasteiger partial charge in [-0.05, 0) is 0 Å². The summed E-state index contributed by atoms with van der Waals surface area (Å²) in [6.07, 6.45) is 7.63. The van der Waals surface area contributed by atoms with Gasteiger partial charge in [0, 0.05) is 0 Å². The third-order valence-corrected chi connectivity index (χ3v) is 31.3. The first kappa shape index (κ1) is 24.9. The zero-order valence-corrected chi connectivity index (χ0v) is 25.5. The van der Waals surface area contributed by atoms with Crippen LogP contribution in [0.4, 0.5) is 0 Å². The van der Waals surface area contributed by atoms with Gasteiger partial charge in [0.05, 0.1) is 0 Å². The molecule has 1 aliphatic rings. The van der Waals surface area contributed by atoms with Crippen LogP contribution in [0.3, 0.4) is 0 Å². The Morgan fingerprint density at radius 3 is 0.765 bits per heavy atom. The van der Waals surface area contributed by atoms with Gasteiger partial charge in [-0.15, -0.1) is 0 Å². The van der Waals surface area contributed by atoms with E-state index in [0.29, 0.717) is 0 Å². The molecular weight excluding hydrogens is 676 g/mol. The first-order valence-corrected chi connectivity index (χ1v) is 22.9. The van der Waals surface area contributed by atoms with E-state index in [1.54, 1.807) is 21.2 Å². The summed E-state index contributed by atoms with van der Waals surface area (Å²) < 4.78 is -4.67. The van der Waals surface area contributed by atoms with Crippen LogP contribution in [0.2, 0.25) is 0 Å². The first-order valence-electron chi connectivity index (χ1n) is 12.1. The van der Waals surface area contributed by atoms with Gasteiger partial charge >= 0.3 is 233 Å². The minimum absolute atomic E-state index is 1.26. The molecule has 0 radical (unpaired) electrons. The van der Waals surface area contributed by atoms with E-state index in [2.05, 4.69) is 165 Å². The second-order valence-corrected chi connectivity index (χ2v) is 33.0. The normalized spacial score (nSPS) is 23.0. The predicted octanol–water partition coefficient (Wildman–Crippen LogP) is 7.89. The van der Waals surface area contributed by atoms with Gasteiger partial charge in [0.15, 0.2) is 0 Å². The molecular formula is C30H32I2P2. The van der Waals surface area contributed by atoms with Gasteiger partial charge in [-0.3, -0.25) is 0 Å². The Morgan fingerprint density at radius 2 is 0.559 bits per heavy atom. The second kappa shape index (κ2) is 9.58. The summed E-state index contributed by atoms with van der Waals surface area (Å²) in [5.41, 5.74) is 0. The van der Waals surface area contributed by atoms with E-state index in [1.807, 2.05) is 0 Å². The van der Waals surface area contributed by atoms with E-state index < -0.39 is 8.49 Å². The van der Waals surface area contributed by atoms with E-state index >= 15 is 0 Å². The number of benzene rings is 4. The van der Waals surface area contributed by atoms with Crippen molar-refractivity contribution in [2.45, 2.75) is 12.8 Å². The van der Waals surface area contributed by atoms with Crippen LogP contribution in [0.25, 0.3) is 0 Å². The molecule has 0 amide bonds. The van der Waals surface area contributed by atoms with E-state index in [-0.39, 0.29) is 0 Å². The van der Waals surface area contributed by atoms with Crippen LogP contribution in [-0.2, 0) is 0 Å². The molecule has 0 N–H and O–H groups in total. The van der Waals surface area contributed by atoms with Crippen molar-refractivity contribution in [1.82, 2.24) is 0 Å². The van der Waals surface area contributed by atoms with Gasteiger partial charge in [0.1, 0.15) is 0 Å². The van der Waals surface area contributed by atoms with Crippen molar-refractivity contribution >= 4 is 73.8 Å². The molecule has 0 spiro atoms.